The number of rotatable bonds is 1. The Morgan fingerprint density at radius 1 is 0.721 bits per heavy atom. The van der Waals surface area contributed by atoms with E-state index in [4.69, 9.17) is 5.73 Å². The number of nitrogens with zero attached hydrogens (tertiary/aromatic N) is 2. The van der Waals surface area contributed by atoms with Gasteiger partial charge in [0, 0.05) is 28.5 Å². The molecule has 10 rings (SSSR count). The molecular weight excluding hydrogens is 541 g/mol. The van der Waals surface area contributed by atoms with E-state index in [1.165, 1.54) is 71.3 Å². The van der Waals surface area contributed by atoms with Gasteiger partial charge >= 0.3 is 0 Å². The SMILES string of the molecule is N/C=C\c1ccc2cccc3c2c1C[C@@]31Pc2ccccc2-c2cccc3ccn(c23)[C@@H]2Cc3cccc4ccn(c34)[C@@H]21. The fourth-order valence-corrected chi connectivity index (χ4v) is 11.0. The molecule has 2 N–H and O–H groups in total. The largest absolute Gasteiger partial charge is 0.405 e. The van der Waals surface area contributed by atoms with Crippen LogP contribution in [0.2, 0.25) is 0 Å². The van der Waals surface area contributed by atoms with Crippen molar-refractivity contribution in [2.75, 3.05) is 0 Å². The number of nitrogens with two attached hydrogens (primary N) is 1. The van der Waals surface area contributed by atoms with Crippen molar-refractivity contribution in [1.29, 1.82) is 0 Å². The fourth-order valence-electron chi connectivity index (χ4n) is 8.93. The predicted molar refractivity (Wildman–Crippen MR) is 182 cm³/mol. The molecule has 3 aliphatic rings. The summed E-state index contributed by atoms with van der Waals surface area (Å²) < 4.78 is 5.33. The van der Waals surface area contributed by atoms with Gasteiger partial charge in [0.15, 0.2) is 0 Å². The summed E-state index contributed by atoms with van der Waals surface area (Å²) in [6.07, 6.45) is 10.6. The molecule has 0 radical (unpaired) electrons. The van der Waals surface area contributed by atoms with Crippen LogP contribution in [0.3, 0.4) is 0 Å². The molecule has 4 heteroatoms. The van der Waals surface area contributed by atoms with Crippen LogP contribution in [0, 0.1) is 0 Å². The van der Waals surface area contributed by atoms with Crippen molar-refractivity contribution in [2.24, 2.45) is 5.73 Å². The van der Waals surface area contributed by atoms with Gasteiger partial charge in [0.2, 0.25) is 0 Å². The number of hydrogen-bond donors (Lipinski definition) is 1. The highest BCUT2D eigenvalue weighted by atomic mass is 31.1. The first-order chi connectivity index (χ1) is 21.2. The van der Waals surface area contributed by atoms with E-state index >= 15 is 0 Å². The van der Waals surface area contributed by atoms with Gasteiger partial charge in [0.25, 0.3) is 0 Å². The summed E-state index contributed by atoms with van der Waals surface area (Å²) in [4.78, 5) is 0. The quantitative estimate of drug-likeness (QED) is 0.197. The number of benzene rings is 5. The van der Waals surface area contributed by atoms with E-state index in [0.29, 0.717) is 8.58 Å². The van der Waals surface area contributed by atoms with Gasteiger partial charge < -0.3 is 14.9 Å². The second kappa shape index (κ2) is 8.49. The Bertz CT molecular complexity index is 2320. The maximum absolute atomic E-state index is 6.03. The molecule has 3 nitrogen and oxygen atoms in total. The standard InChI is InChI=1S/C39H30N3P/c40-19-16-24-14-15-25-6-5-12-32-35(25)31(24)23-39(32)38-33(22-28-9-3-7-26-18-21-42(38)36(26)28)41-20-17-27-8-4-11-30(37(27)41)29-10-1-2-13-34(29)43-39/h1-21,33,38,43H,22-23,40H2/b19-16-/t33-,38+,39-/m1/s1. The van der Waals surface area contributed by atoms with Crippen LogP contribution in [0.1, 0.15) is 34.3 Å². The molecule has 7 aromatic rings. The summed E-state index contributed by atoms with van der Waals surface area (Å²) in [6, 6.07) is 39.6. The topological polar surface area (TPSA) is 35.9 Å². The summed E-state index contributed by atoms with van der Waals surface area (Å²) in [5.41, 5.74) is 17.1. The Morgan fingerprint density at radius 2 is 1.49 bits per heavy atom. The molecule has 0 amide bonds. The van der Waals surface area contributed by atoms with E-state index in [1.54, 1.807) is 6.20 Å². The van der Waals surface area contributed by atoms with E-state index in [0.717, 1.165) is 12.8 Å². The van der Waals surface area contributed by atoms with Gasteiger partial charge in [-0.3, -0.25) is 0 Å². The van der Waals surface area contributed by atoms with Crippen molar-refractivity contribution in [2.45, 2.75) is 30.1 Å². The average Bonchev–Trinajstić information content (AvgIpc) is 3.76. The van der Waals surface area contributed by atoms with Crippen molar-refractivity contribution in [3.63, 3.8) is 0 Å². The highest BCUT2D eigenvalue weighted by Crippen LogP contribution is 2.64. The first kappa shape index (κ1) is 23.9. The van der Waals surface area contributed by atoms with Gasteiger partial charge in [-0.15, -0.1) is 0 Å². The minimum atomic E-state index is -0.140. The lowest BCUT2D eigenvalue weighted by Crippen LogP contribution is -2.42. The lowest BCUT2D eigenvalue weighted by molar-refractivity contribution is 0.256. The Morgan fingerprint density at radius 3 is 2.40 bits per heavy atom. The van der Waals surface area contributed by atoms with Crippen LogP contribution in [0.25, 0.3) is 49.8 Å². The smallest absolute Gasteiger partial charge is 0.0687 e. The van der Waals surface area contributed by atoms with E-state index in [2.05, 4.69) is 131 Å². The zero-order valence-corrected chi connectivity index (χ0v) is 24.7. The van der Waals surface area contributed by atoms with Crippen LogP contribution < -0.4 is 11.0 Å². The van der Waals surface area contributed by atoms with Crippen LogP contribution in [-0.4, -0.2) is 9.13 Å². The summed E-state index contributed by atoms with van der Waals surface area (Å²) in [7, 11) is 0.591. The molecule has 5 aromatic carbocycles. The second-order valence-corrected chi connectivity index (χ2v) is 14.2. The van der Waals surface area contributed by atoms with Crippen molar-refractivity contribution in [3.05, 3.63) is 144 Å². The average molecular weight is 572 g/mol. The van der Waals surface area contributed by atoms with Crippen molar-refractivity contribution in [3.8, 4) is 11.1 Å². The molecule has 4 heterocycles. The van der Waals surface area contributed by atoms with Crippen LogP contribution in [0.5, 0.6) is 0 Å². The molecule has 1 unspecified atom stereocenters. The van der Waals surface area contributed by atoms with Gasteiger partial charge in [-0.1, -0.05) is 99.6 Å². The Balaban J connectivity index is 1.38. The fraction of sp³-hybridized carbons (Fsp3) is 0.128. The van der Waals surface area contributed by atoms with E-state index in [1.807, 2.05) is 0 Å². The van der Waals surface area contributed by atoms with Gasteiger partial charge in [0.05, 0.1) is 23.1 Å². The number of hydrogen-bond acceptors (Lipinski definition) is 1. The third-order valence-electron chi connectivity index (χ3n) is 10.5. The Hall–Kier alpha value is -4.59. The molecule has 206 valence electrons. The molecule has 4 atom stereocenters. The Labute approximate surface area is 252 Å². The highest BCUT2D eigenvalue weighted by Gasteiger charge is 2.53. The zero-order valence-electron chi connectivity index (χ0n) is 23.7. The third kappa shape index (κ3) is 3.03. The molecule has 1 aliphatic carbocycles. The first-order valence-corrected chi connectivity index (χ1v) is 16.2. The lowest BCUT2D eigenvalue weighted by atomic mass is 9.81. The molecule has 2 aliphatic heterocycles. The van der Waals surface area contributed by atoms with E-state index < -0.39 is 0 Å². The first-order valence-electron chi connectivity index (χ1n) is 15.2. The van der Waals surface area contributed by atoms with Crippen LogP contribution in [0.4, 0.5) is 0 Å². The van der Waals surface area contributed by atoms with Gasteiger partial charge in [-0.25, -0.2) is 0 Å². The monoisotopic (exact) mass is 571 g/mol. The number of fused-ring (bicyclic) bond motifs is 7. The van der Waals surface area contributed by atoms with Gasteiger partial charge in [0.1, 0.15) is 0 Å². The lowest BCUT2D eigenvalue weighted by Gasteiger charge is -2.47. The van der Waals surface area contributed by atoms with Crippen molar-refractivity contribution >= 4 is 52.5 Å². The number of aromatic nitrogens is 2. The zero-order chi connectivity index (χ0) is 28.3. The molecule has 0 saturated carbocycles. The molecule has 1 spiro atoms. The molecular formula is C39H30N3P. The maximum atomic E-state index is 6.03. The number of para-hydroxylation sites is 2. The van der Waals surface area contributed by atoms with E-state index in [-0.39, 0.29) is 17.2 Å². The summed E-state index contributed by atoms with van der Waals surface area (Å²) in [6.45, 7) is 0. The molecule has 0 saturated heterocycles. The third-order valence-corrected chi connectivity index (χ3v) is 12.4. The summed E-state index contributed by atoms with van der Waals surface area (Å²) in [5.74, 6) is 0. The van der Waals surface area contributed by atoms with Crippen LogP contribution in [-0.2, 0) is 18.0 Å². The second-order valence-electron chi connectivity index (χ2n) is 12.5. The minimum absolute atomic E-state index is 0.140. The molecule has 43 heavy (non-hydrogen) atoms. The maximum Gasteiger partial charge on any atom is 0.0687 e. The van der Waals surface area contributed by atoms with Crippen LogP contribution >= 0.6 is 8.58 Å². The highest BCUT2D eigenvalue weighted by molar-refractivity contribution is 7.49. The predicted octanol–water partition coefficient (Wildman–Crippen LogP) is 8.45. The summed E-state index contributed by atoms with van der Waals surface area (Å²) >= 11 is 0. The summed E-state index contributed by atoms with van der Waals surface area (Å²) in [5, 5.41) is 6.72. The van der Waals surface area contributed by atoms with Crippen molar-refractivity contribution in [1.82, 2.24) is 9.13 Å². The van der Waals surface area contributed by atoms with E-state index in [9.17, 15) is 0 Å². The molecule has 0 bridgehead atoms. The molecule has 2 aromatic heterocycles. The van der Waals surface area contributed by atoms with Gasteiger partial charge in [-0.2, -0.15) is 0 Å². The normalized spacial score (nSPS) is 22.3. The van der Waals surface area contributed by atoms with Crippen molar-refractivity contribution < 1.29 is 0 Å². The minimum Gasteiger partial charge on any atom is -0.405 e. The van der Waals surface area contributed by atoms with Gasteiger partial charge in [-0.05, 0) is 86.5 Å². The molecule has 0 fully saturated rings. The Kier molecular flexibility index (Phi) is 4.72. The van der Waals surface area contributed by atoms with Crippen LogP contribution in [0.15, 0.2) is 122 Å².